The van der Waals surface area contributed by atoms with Gasteiger partial charge in [-0.15, -0.1) is 0 Å². The summed E-state index contributed by atoms with van der Waals surface area (Å²) >= 11 is 0. The van der Waals surface area contributed by atoms with Crippen LogP contribution in [0.25, 0.3) is 0 Å². The van der Waals surface area contributed by atoms with Crippen LogP contribution in [0.5, 0.6) is 0 Å². The van der Waals surface area contributed by atoms with Crippen molar-refractivity contribution in [3.05, 3.63) is 29.6 Å². The van der Waals surface area contributed by atoms with Gasteiger partial charge in [0.1, 0.15) is 5.82 Å². The summed E-state index contributed by atoms with van der Waals surface area (Å²) in [5.41, 5.74) is -0.208. The van der Waals surface area contributed by atoms with Crippen molar-refractivity contribution in [2.24, 2.45) is 0 Å². The first-order valence-corrected chi connectivity index (χ1v) is 6.54. The van der Waals surface area contributed by atoms with E-state index in [0.717, 1.165) is 31.4 Å². The van der Waals surface area contributed by atoms with E-state index in [1.54, 1.807) is 0 Å². The molecular formula is C14H19FN2O3. The van der Waals surface area contributed by atoms with Crippen LogP contribution in [0.4, 0.5) is 14.9 Å². The predicted molar refractivity (Wildman–Crippen MR) is 74.5 cm³/mol. The molecule has 5 nitrogen and oxygen atoms in total. The van der Waals surface area contributed by atoms with Gasteiger partial charge in [0.25, 0.3) is 0 Å². The van der Waals surface area contributed by atoms with Crippen LogP contribution in [0.3, 0.4) is 0 Å². The Balaban J connectivity index is 2.58. The molecule has 0 radical (unpaired) electrons. The van der Waals surface area contributed by atoms with E-state index in [0.29, 0.717) is 0 Å². The maximum Gasteiger partial charge on any atom is 0.338 e. The molecule has 1 aromatic rings. The van der Waals surface area contributed by atoms with Gasteiger partial charge in [0.2, 0.25) is 0 Å². The number of anilines is 1. The molecule has 0 aliphatic rings. The SMILES string of the molecule is CCCCC(C)NC(=O)Nc1ccc(C(=O)O)c(F)c1. The number of carboxylic acid groups (broad SMARTS) is 1. The number of amides is 2. The summed E-state index contributed by atoms with van der Waals surface area (Å²) in [6.45, 7) is 3.96. The van der Waals surface area contributed by atoms with Gasteiger partial charge in [0.05, 0.1) is 5.56 Å². The highest BCUT2D eigenvalue weighted by Gasteiger charge is 2.12. The van der Waals surface area contributed by atoms with Gasteiger partial charge in [-0.3, -0.25) is 0 Å². The molecule has 1 aromatic carbocycles. The second-order valence-corrected chi connectivity index (χ2v) is 4.64. The number of urea groups is 1. The van der Waals surface area contributed by atoms with Crippen LogP contribution in [-0.2, 0) is 0 Å². The second-order valence-electron chi connectivity index (χ2n) is 4.64. The van der Waals surface area contributed by atoms with Crippen LogP contribution in [0.2, 0.25) is 0 Å². The van der Waals surface area contributed by atoms with E-state index in [1.807, 2.05) is 6.92 Å². The first-order chi connectivity index (χ1) is 9.43. The van der Waals surface area contributed by atoms with E-state index in [1.165, 1.54) is 6.07 Å². The van der Waals surface area contributed by atoms with Crippen molar-refractivity contribution in [1.29, 1.82) is 0 Å². The standard InChI is InChI=1S/C14H19FN2O3/c1-3-4-5-9(2)16-14(20)17-10-6-7-11(13(18)19)12(15)8-10/h6-9H,3-5H2,1-2H3,(H,18,19)(H2,16,17,20). The highest BCUT2D eigenvalue weighted by atomic mass is 19.1. The van der Waals surface area contributed by atoms with Crippen molar-refractivity contribution in [2.45, 2.75) is 39.2 Å². The molecule has 0 saturated carbocycles. The summed E-state index contributed by atoms with van der Waals surface area (Å²) in [5.74, 6) is -2.22. The Hall–Kier alpha value is -2.11. The summed E-state index contributed by atoms with van der Waals surface area (Å²) in [7, 11) is 0. The Bertz CT molecular complexity index is 491. The van der Waals surface area contributed by atoms with Crippen molar-refractivity contribution < 1.29 is 19.1 Å². The molecule has 0 bridgehead atoms. The molecule has 0 fully saturated rings. The Morgan fingerprint density at radius 3 is 2.65 bits per heavy atom. The van der Waals surface area contributed by atoms with Gasteiger partial charge in [0.15, 0.2) is 0 Å². The van der Waals surface area contributed by atoms with Crippen molar-refractivity contribution in [1.82, 2.24) is 5.32 Å². The number of carbonyl (C=O) groups is 2. The van der Waals surface area contributed by atoms with Crippen molar-refractivity contribution in [2.75, 3.05) is 5.32 Å². The number of rotatable bonds is 6. The van der Waals surface area contributed by atoms with Gasteiger partial charge in [-0.25, -0.2) is 14.0 Å². The van der Waals surface area contributed by atoms with Gasteiger partial charge in [-0.2, -0.15) is 0 Å². The average molecular weight is 282 g/mol. The molecule has 0 spiro atoms. The molecule has 20 heavy (non-hydrogen) atoms. The van der Waals surface area contributed by atoms with Crippen LogP contribution in [0.15, 0.2) is 18.2 Å². The normalized spacial score (nSPS) is 11.8. The average Bonchev–Trinajstić information content (AvgIpc) is 2.35. The lowest BCUT2D eigenvalue weighted by atomic mass is 10.1. The number of carbonyl (C=O) groups excluding carboxylic acids is 1. The van der Waals surface area contributed by atoms with E-state index >= 15 is 0 Å². The van der Waals surface area contributed by atoms with Crippen LogP contribution in [0, 0.1) is 5.82 Å². The monoisotopic (exact) mass is 282 g/mol. The predicted octanol–water partition coefficient (Wildman–Crippen LogP) is 3.22. The number of carboxylic acids is 1. The van der Waals surface area contributed by atoms with Gasteiger partial charge in [-0.1, -0.05) is 19.8 Å². The summed E-state index contributed by atoms with van der Waals surface area (Å²) in [6, 6.07) is 3.05. The molecule has 0 heterocycles. The molecule has 1 rings (SSSR count). The van der Waals surface area contributed by atoms with Crippen LogP contribution < -0.4 is 10.6 Å². The summed E-state index contributed by atoms with van der Waals surface area (Å²) in [4.78, 5) is 22.3. The molecule has 0 saturated heterocycles. The first-order valence-electron chi connectivity index (χ1n) is 6.54. The van der Waals surface area contributed by atoms with Crippen LogP contribution in [0.1, 0.15) is 43.5 Å². The summed E-state index contributed by atoms with van der Waals surface area (Å²) in [5, 5.41) is 13.9. The van der Waals surface area contributed by atoms with Gasteiger partial charge >= 0.3 is 12.0 Å². The molecular weight excluding hydrogens is 263 g/mol. The zero-order valence-electron chi connectivity index (χ0n) is 11.6. The topological polar surface area (TPSA) is 78.4 Å². The molecule has 2 amide bonds. The lowest BCUT2D eigenvalue weighted by molar-refractivity contribution is 0.0692. The number of nitrogens with one attached hydrogen (secondary N) is 2. The van der Waals surface area contributed by atoms with Crippen molar-refractivity contribution in [3.8, 4) is 0 Å². The highest BCUT2D eigenvalue weighted by molar-refractivity contribution is 5.91. The number of aromatic carboxylic acids is 1. The Labute approximate surface area is 117 Å². The van der Waals surface area contributed by atoms with E-state index < -0.39 is 23.4 Å². The van der Waals surface area contributed by atoms with E-state index in [-0.39, 0.29) is 11.7 Å². The third kappa shape index (κ3) is 4.87. The van der Waals surface area contributed by atoms with Crippen molar-refractivity contribution >= 4 is 17.7 Å². The molecule has 110 valence electrons. The Morgan fingerprint density at radius 2 is 2.10 bits per heavy atom. The largest absolute Gasteiger partial charge is 0.478 e. The fourth-order valence-electron chi connectivity index (χ4n) is 1.74. The molecule has 0 aliphatic heterocycles. The molecule has 0 aliphatic carbocycles. The minimum atomic E-state index is -1.34. The Kier molecular flexibility index (Phi) is 5.96. The lowest BCUT2D eigenvalue weighted by Gasteiger charge is -2.14. The highest BCUT2D eigenvalue weighted by Crippen LogP contribution is 2.14. The number of benzene rings is 1. The number of unbranched alkanes of at least 4 members (excludes halogenated alkanes) is 1. The summed E-state index contributed by atoms with van der Waals surface area (Å²) < 4.78 is 13.4. The molecule has 1 atom stereocenters. The Morgan fingerprint density at radius 1 is 1.40 bits per heavy atom. The number of hydrogen-bond donors (Lipinski definition) is 3. The maximum atomic E-state index is 13.4. The van der Waals surface area contributed by atoms with E-state index in [2.05, 4.69) is 17.6 Å². The molecule has 0 aromatic heterocycles. The fraction of sp³-hybridized carbons (Fsp3) is 0.429. The maximum absolute atomic E-state index is 13.4. The van der Waals surface area contributed by atoms with Crippen LogP contribution >= 0.6 is 0 Å². The molecule has 1 unspecified atom stereocenters. The first kappa shape index (κ1) is 15.9. The fourth-order valence-corrected chi connectivity index (χ4v) is 1.74. The number of hydrogen-bond acceptors (Lipinski definition) is 2. The van der Waals surface area contributed by atoms with Gasteiger partial charge < -0.3 is 15.7 Å². The quantitative estimate of drug-likeness (QED) is 0.749. The van der Waals surface area contributed by atoms with E-state index in [9.17, 15) is 14.0 Å². The minimum absolute atomic E-state index is 0.0260. The van der Waals surface area contributed by atoms with E-state index in [4.69, 9.17) is 5.11 Å². The second kappa shape index (κ2) is 7.47. The molecule has 3 N–H and O–H groups in total. The minimum Gasteiger partial charge on any atom is -0.478 e. The third-order valence-corrected chi connectivity index (χ3v) is 2.83. The third-order valence-electron chi connectivity index (χ3n) is 2.83. The zero-order chi connectivity index (χ0) is 15.1. The number of halogens is 1. The van der Waals surface area contributed by atoms with Crippen LogP contribution in [-0.4, -0.2) is 23.1 Å². The zero-order valence-corrected chi connectivity index (χ0v) is 11.6. The van der Waals surface area contributed by atoms with Gasteiger partial charge in [-0.05, 0) is 31.5 Å². The van der Waals surface area contributed by atoms with Crippen molar-refractivity contribution in [3.63, 3.8) is 0 Å². The summed E-state index contributed by atoms with van der Waals surface area (Å²) in [6.07, 6.45) is 2.94. The lowest BCUT2D eigenvalue weighted by Crippen LogP contribution is -2.36. The smallest absolute Gasteiger partial charge is 0.338 e. The van der Waals surface area contributed by atoms with Gasteiger partial charge in [0, 0.05) is 11.7 Å². The molecule has 6 heteroatoms.